The van der Waals surface area contributed by atoms with Gasteiger partial charge >= 0.3 is 0 Å². The van der Waals surface area contributed by atoms with Gasteiger partial charge in [0, 0.05) is 23.7 Å². The van der Waals surface area contributed by atoms with E-state index in [9.17, 15) is 8.78 Å². The monoisotopic (exact) mass is 300 g/mol. The van der Waals surface area contributed by atoms with Crippen molar-refractivity contribution in [1.29, 1.82) is 0 Å². The molecule has 0 aliphatic rings. The van der Waals surface area contributed by atoms with Crippen LogP contribution in [-0.2, 0) is 6.42 Å². The summed E-state index contributed by atoms with van der Waals surface area (Å²) >= 11 is 0. The van der Waals surface area contributed by atoms with Crippen molar-refractivity contribution in [3.05, 3.63) is 66.5 Å². The molecule has 0 N–H and O–H groups in total. The van der Waals surface area contributed by atoms with E-state index >= 15 is 0 Å². The molecule has 1 aromatic carbocycles. The Morgan fingerprint density at radius 3 is 2.77 bits per heavy atom. The maximum atomic E-state index is 12.4. The van der Waals surface area contributed by atoms with Crippen molar-refractivity contribution in [3.8, 4) is 11.6 Å². The van der Waals surface area contributed by atoms with Gasteiger partial charge in [-0.25, -0.2) is 4.98 Å². The van der Waals surface area contributed by atoms with Crippen molar-refractivity contribution in [2.45, 2.75) is 6.42 Å². The molecule has 0 aliphatic carbocycles. The molecule has 0 aliphatic heterocycles. The van der Waals surface area contributed by atoms with E-state index in [1.807, 2.05) is 47.0 Å². The topological polar surface area (TPSA) is 27.1 Å². The molecule has 0 radical (unpaired) electrons. The highest BCUT2D eigenvalue weighted by Gasteiger charge is 2.11. The van der Waals surface area contributed by atoms with E-state index in [4.69, 9.17) is 4.74 Å². The molecule has 0 saturated carbocycles. The number of pyridine rings is 1. The Hall–Kier alpha value is -2.69. The molecule has 2 heterocycles. The van der Waals surface area contributed by atoms with Gasteiger partial charge in [0.2, 0.25) is 0 Å². The second-order valence-corrected chi connectivity index (χ2v) is 4.78. The fourth-order valence-corrected chi connectivity index (χ4v) is 2.47. The van der Waals surface area contributed by atoms with E-state index in [1.54, 1.807) is 13.3 Å². The Morgan fingerprint density at radius 2 is 2.09 bits per heavy atom. The number of fused-ring (bicyclic) bond motifs is 1. The van der Waals surface area contributed by atoms with Gasteiger partial charge in [-0.1, -0.05) is 6.07 Å². The van der Waals surface area contributed by atoms with Crippen LogP contribution >= 0.6 is 0 Å². The number of methoxy groups -OCH3 is 1. The highest BCUT2D eigenvalue weighted by Crippen LogP contribution is 2.27. The van der Waals surface area contributed by atoms with Crippen molar-refractivity contribution < 1.29 is 13.5 Å². The predicted molar refractivity (Wildman–Crippen MR) is 81.6 cm³/mol. The summed E-state index contributed by atoms with van der Waals surface area (Å²) in [6, 6.07) is 13.0. The fourth-order valence-electron chi connectivity index (χ4n) is 2.47. The van der Waals surface area contributed by atoms with Crippen LogP contribution < -0.4 is 4.74 Å². The zero-order valence-electron chi connectivity index (χ0n) is 12.0. The molecule has 0 spiro atoms. The van der Waals surface area contributed by atoms with Crippen molar-refractivity contribution in [2.24, 2.45) is 0 Å². The van der Waals surface area contributed by atoms with Gasteiger partial charge in [0.1, 0.15) is 11.6 Å². The summed E-state index contributed by atoms with van der Waals surface area (Å²) in [5.74, 6) is 1.43. The summed E-state index contributed by atoms with van der Waals surface area (Å²) in [7, 11) is 1.60. The number of rotatable bonds is 4. The van der Waals surface area contributed by atoms with Crippen LogP contribution in [0.4, 0.5) is 8.78 Å². The summed E-state index contributed by atoms with van der Waals surface area (Å²) in [6.07, 6.45) is 1.04. The van der Waals surface area contributed by atoms with Crippen LogP contribution in [0.25, 0.3) is 16.7 Å². The first-order valence-electron chi connectivity index (χ1n) is 6.80. The van der Waals surface area contributed by atoms with Crippen LogP contribution in [0.3, 0.4) is 0 Å². The lowest BCUT2D eigenvalue weighted by Gasteiger charge is -2.08. The normalized spacial score (nSPS) is 10.7. The molecule has 2 aromatic heterocycles. The summed E-state index contributed by atoms with van der Waals surface area (Å²) < 4.78 is 32.0. The molecule has 0 atom stereocenters. The number of nitrogens with zero attached hydrogens (tertiary/aromatic N) is 2. The standard InChI is InChI=1S/C17H14F2N2O/c1-22-14-6-7-15-12(11-14)10-13(5-8-16(18)19)21(15)17-4-2-3-9-20-17/h2-4,6-11H,5H2,1H3. The molecule has 3 rings (SSSR count). The molecule has 0 fully saturated rings. The Balaban J connectivity index is 2.21. The van der Waals surface area contributed by atoms with Crippen LogP contribution in [0.2, 0.25) is 0 Å². The van der Waals surface area contributed by atoms with E-state index < -0.39 is 6.08 Å². The lowest BCUT2D eigenvalue weighted by molar-refractivity contribution is 0.415. The molecule has 112 valence electrons. The van der Waals surface area contributed by atoms with Gasteiger partial charge in [-0.2, -0.15) is 8.78 Å². The van der Waals surface area contributed by atoms with Gasteiger partial charge in [-0.3, -0.25) is 4.57 Å². The van der Waals surface area contributed by atoms with E-state index in [1.165, 1.54) is 0 Å². The number of hydrogen-bond donors (Lipinski definition) is 0. The number of aromatic nitrogens is 2. The number of benzene rings is 1. The van der Waals surface area contributed by atoms with Gasteiger partial charge in [0.05, 0.1) is 12.6 Å². The largest absolute Gasteiger partial charge is 0.497 e. The Kier molecular flexibility index (Phi) is 3.87. The molecule has 0 unspecified atom stereocenters. The predicted octanol–water partition coefficient (Wildman–Crippen LogP) is 4.36. The maximum absolute atomic E-state index is 12.4. The third kappa shape index (κ3) is 2.70. The summed E-state index contributed by atoms with van der Waals surface area (Å²) in [5.41, 5.74) is 1.65. The van der Waals surface area contributed by atoms with Gasteiger partial charge in [-0.05, 0) is 42.5 Å². The molecule has 0 amide bonds. The second kappa shape index (κ2) is 5.97. The molecule has 3 aromatic rings. The number of ether oxygens (including phenoxy) is 1. The van der Waals surface area contributed by atoms with Crippen LogP contribution in [0.15, 0.2) is 60.8 Å². The van der Waals surface area contributed by atoms with Crippen LogP contribution in [-0.4, -0.2) is 16.7 Å². The molecular formula is C17H14F2N2O. The minimum atomic E-state index is -1.68. The smallest absolute Gasteiger partial charge is 0.266 e. The maximum Gasteiger partial charge on any atom is 0.266 e. The van der Waals surface area contributed by atoms with E-state index in [0.717, 1.165) is 28.4 Å². The van der Waals surface area contributed by atoms with Crippen molar-refractivity contribution in [2.75, 3.05) is 7.11 Å². The van der Waals surface area contributed by atoms with Gasteiger partial charge in [0.25, 0.3) is 6.08 Å². The molecule has 0 saturated heterocycles. The molecule has 0 bridgehead atoms. The lowest BCUT2D eigenvalue weighted by Crippen LogP contribution is -2.01. The van der Waals surface area contributed by atoms with Crippen molar-refractivity contribution in [1.82, 2.24) is 9.55 Å². The van der Waals surface area contributed by atoms with Crippen molar-refractivity contribution in [3.63, 3.8) is 0 Å². The third-order valence-electron chi connectivity index (χ3n) is 3.43. The van der Waals surface area contributed by atoms with Gasteiger partial charge in [-0.15, -0.1) is 0 Å². The van der Waals surface area contributed by atoms with E-state index in [0.29, 0.717) is 5.82 Å². The highest BCUT2D eigenvalue weighted by molar-refractivity contribution is 5.84. The van der Waals surface area contributed by atoms with Crippen LogP contribution in [0.5, 0.6) is 5.75 Å². The summed E-state index contributed by atoms with van der Waals surface area (Å²) in [6.45, 7) is 0. The molecule has 22 heavy (non-hydrogen) atoms. The molecule has 5 heteroatoms. The highest BCUT2D eigenvalue weighted by atomic mass is 19.3. The quantitative estimate of drug-likeness (QED) is 0.716. The second-order valence-electron chi connectivity index (χ2n) is 4.78. The lowest BCUT2D eigenvalue weighted by atomic mass is 10.2. The first-order valence-corrected chi connectivity index (χ1v) is 6.80. The summed E-state index contributed by atoms with van der Waals surface area (Å²) in [4.78, 5) is 4.33. The average molecular weight is 300 g/mol. The third-order valence-corrected chi connectivity index (χ3v) is 3.43. The number of halogens is 2. The molecule has 3 nitrogen and oxygen atoms in total. The SMILES string of the molecule is COc1ccc2c(c1)cc(CC=C(F)F)n2-c1ccccn1. The van der Waals surface area contributed by atoms with E-state index in [-0.39, 0.29) is 6.42 Å². The van der Waals surface area contributed by atoms with Crippen molar-refractivity contribution >= 4 is 10.9 Å². The first-order chi connectivity index (χ1) is 10.7. The first kappa shape index (κ1) is 14.3. The Bertz CT molecular complexity index is 821. The Labute approximate surface area is 126 Å². The number of allylic oxidation sites excluding steroid dienone is 1. The van der Waals surface area contributed by atoms with Gasteiger partial charge in [0.15, 0.2) is 0 Å². The van der Waals surface area contributed by atoms with Gasteiger partial charge < -0.3 is 4.74 Å². The fraction of sp³-hybridized carbons (Fsp3) is 0.118. The van der Waals surface area contributed by atoms with E-state index in [2.05, 4.69) is 4.98 Å². The average Bonchev–Trinajstić information content (AvgIpc) is 2.91. The zero-order chi connectivity index (χ0) is 15.5. The van der Waals surface area contributed by atoms with Crippen LogP contribution in [0.1, 0.15) is 5.69 Å². The van der Waals surface area contributed by atoms with Crippen LogP contribution in [0, 0.1) is 0 Å². The Morgan fingerprint density at radius 1 is 1.23 bits per heavy atom. The summed E-state index contributed by atoms with van der Waals surface area (Å²) in [5, 5.41) is 0.924. The minimum absolute atomic E-state index is 0.135. The minimum Gasteiger partial charge on any atom is -0.497 e. The zero-order valence-corrected chi connectivity index (χ0v) is 12.0. The molecular weight excluding hydrogens is 286 g/mol. The number of hydrogen-bond acceptors (Lipinski definition) is 2.